The molecule has 2 N–H and O–H groups in total. The van der Waals surface area contributed by atoms with E-state index in [-0.39, 0.29) is 11.8 Å². The molecule has 4 nitrogen and oxygen atoms in total. The van der Waals surface area contributed by atoms with E-state index >= 15 is 0 Å². The van der Waals surface area contributed by atoms with Gasteiger partial charge in [0.2, 0.25) is 0 Å². The largest absolute Gasteiger partial charge is 0.481 e. The van der Waals surface area contributed by atoms with Gasteiger partial charge in [-0.25, -0.2) is 0 Å². The van der Waals surface area contributed by atoms with Crippen molar-refractivity contribution < 1.29 is 9.90 Å². The zero-order chi connectivity index (χ0) is 11.0. The molecule has 0 spiro atoms. The van der Waals surface area contributed by atoms with Crippen LogP contribution >= 0.6 is 0 Å². The number of nitriles is 1. The molecule has 0 heterocycles. The molecule has 80 valence electrons. The predicted molar refractivity (Wildman–Crippen MR) is 53.8 cm³/mol. The first kappa shape index (κ1) is 12.9. The summed E-state index contributed by atoms with van der Waals surface area (Å²) in [6.45, 7) is 5.38. The van der Waals surface area contributed by atoms with Crippen molar-refractivity contribution in [3.63, 3.8) is 0 Å². The van der Waals surface area contributed by atoms with Gasteiger partial charge in [-0.3, -0.25) is 4.79 Å². The smallest absolute Gasteiger partial charge is 0.304 e. The molecule has 0 aromatic rings. The average molecular weight is 198 g/mol. The van der Waals surface area contributed by atoms with Crippen LogP contribution in [0.1, 0.15) is 33.1 Å². The molecule has 0 amide bonds. The van der Waals surface area contributed by atoms with Crippen molar-refractivity contribution in [2.75, 3.05) is 13.1 Å². The molecule has 4 heteroatoms. The highest BCUT2D eigenvalue weighted by atomic mass is 16.4. The number of aliphatic carboxylic acids is 1. The zero-order valence-corrected chi connectivity index (χ0v) is 8.84. The van der Waals surface area contributed by atoms with Crippen molar-refractivity contribution in [2.45, 2.75) is 33.1 Å². The van der Waals surface area contributed by atoms with Crippen LogP contribution in [0.5, 0.6) is 0 Å². The number of carboxylic acids is 1. The van der Waals surface area contributed by atoms with Gasteiger partial charge in [0.25, 0.3) is 0 Å². The Bertz CT molecular complexity index is 219. The third-order valence-electron chi connectivity index (χ3n) is 2.03. The van der Waals surface area contributed by atoms with Crippen molar-refractivity contribution in [3.8, 4) is 6.07 Å². The molecule has 0 aromatic heterocycles. The van der Waals surface area contributed by atoms with E-state index in [0.717, 1.165) is 13.0 Å². The highest BCUT2D eigenvalue weighted by Gasteiger charge is 2.16. The molecule has 0 aliphatic carbocycles. The Labute approximate surface area is 84.9 Å². The molecule has 14 heavy (non-hydrogen) atoms. The monoisotopic (exact) mass is 198 g/mol. The van der Waals surface area contributed by atoms with Crippen LogP contribution in [0.4, 0.5) is 0 Å². The van der Waals surface area contributed by atoms with Crippen molar-refractivity contribution in [2.24, 2.45) is 5.41 Å². The van der Waals surface area contributed by atoms with Crippen LogP contribution in [-0.2, 0) is 4.79 Å². The highest BCUT2D eigenvalue weighted by Crippen LogP contribution is 2.20. The molecule has 0 fully saturated rings. The van der Waals surface area contributed by atoms with E-state index in [1.165, 1.54) is 0 Å². The predicted octanol–water partition coefficient (Wildman–Crippen LogP) is 1.38. The summed E-state index contributed by atoms with van der Waals surface area (Å²) in [5, 5.41) is 19.9. The number of hydrogen-bond donors (Lipinski definition) is 2. The molecule has 0 radical (unpaired) electrons. The molecule has 0 unspecified atom stereocenters. The average Bonchev–Trinajstić information content (AvgIpc) is 2.09. The summed E-state index contributed by atoms with van der Waals surface area (Å²) in [7, 11) is 0. The van der Waals surface area contributed by atoms with Gasteiger partial charge in [-0.05, 0) is 11.8 Å². The molecule has 0 aromatic carbocycles. The van der Waals surface area contributed by atoms with E-state index in [1.807, 2.05) is 0 Å². The van der Waals surface area contributed by atoms with Crippen LogP contribution in [0.3, 0.4) is 0 Å². The second-order valence-corrected chi connectivity index (χ2v) is 4.14. The standard InChI is InChI=1S/C10H18N2O2/c1-10(2,5-3-6-11)8-12-7-4-9(13)14/h12H,3-5,7-8H2,1-2H3,(H,13,14). The Hall–Kier alpha value is -1.08. The molecular formula is C10H18N2O2. The zero-order valence-electron chi connectivity index (χ0n) is 8.84. The number of rotatable bonds is 7. The molecule has 0 aliphatic heterocycles. The summed E-state index contributed by atoms with van der Waals surface area (Å²) in [5.74, 6) is -0.785. The fraction of sp³-hybridized carbons (Fsp3) is 0.800. The lowest BCUT2D eigenvalue weighted by molar-refractivity contribution is -0.136. The summed E-state index contributed by atoms with van der Waals surface area (Å²) in [6.07, 6.45) is 1.53. The lowest BCUT2D eigenvalue weighted by Gasteiger charge is -2.23. The van der Waals surface area contributed by atoms with Crippen LogP contribution in [0.2, 0.25) is 0 Å². The molecule has 0 atom stereocenters. The molecule has 0 rings (SSSR count). The second-order valence-electron chi connectivity index (χ2n) is 4.14. The Balaban J connectivity index is 3.55. The van der Waals surface area contributed by atoms with Gasteiger partial charge in [0, 0.05) is 19.5 Å². The number of carbonyl (C=O) groups is 1. The van der Waals surface area contributed by atoms with E-state index in [2.05, 4.69) is 25.2 Å². The number of hydrogen-bond acceptors (Lipinski definition) is 3. The van der Waals surface area contributed by atoms with Gasteiger partial charge >= 0.3 is 5.97 Å². The highest BCUT2D eigenvalue weighted by molar-refractivity contribution is 5.66. The third-order valence-corrected chi connectivity index (χ3v) is 2.03. The Kier molecular flexibility index (Phi) is 5.89. The summed E-state index contributed by atoms with van der Waals surface area (Å²) < 4.78 is 0. The maximum Gasteiger partial charge on any atom is 0.304 e. The van der Waals surface area contributed by atoms with Crippen molar-refractivity contribution in [3.05, 3.63) is 0 Å². The van der Waals surface area contributed by atoms with E-state index in [4.69, 9.17) is 10.4 Å². The van der Waals surface area contributed by atoms with Gasteiger partial charge in [-0.1, -0.05) is 13.8 Å². The second kappa shape index (κ2) is 6.39. The number of carboxylic acid groups (broad SMARTS) is 1. The molecule has 0 saturated heterocycles. The van der Waals surface area contributed by atoms with Gasteiger partial charge < -0.3 is 10.4 Å². The van der Waals surface area contributed by atoms with Crippen LogP contribution in [0.25, 0.3) is 0 Å². The normalized spacial score (nSPS) is 10.9. The van der Waals surface area contributed by atoms with Gasteiger partial charge in [-0.2, -0.15) is 5.26 Å². The van der Waals surface area contributed by atoms with Gasteiger partial charge in [0.1, 0.15) is 0 Å². The van der Waals surface area contributed by atoms with E-state index < -0.39 is 5.97 Å². The van der Waals surface area contributed by atoms with Crippen molar-refractivity contribution in [1.29, 1.82) is 5.26 Å². The third kappa shape index (κ3) is 7.56. The first-order chi connectivity index (χ1) is 6.48. The quantitative estimate of drug-likeness (QED) is 0.606. The minimum atomic E-state index is -0.785. The molecular weight excluding hydrogens is 180 g/mol. The summed E-state index contributed by atoms with van der Waals surface area (Å²) >= 11 is 0. The van der Waals surface area contributed by atoms with E-state index in [0.29, 0.717) is 13.0 Å². The van der Waals surface area contributed by atoms with Crippen LogP contribution in [0, 0.1) is 16.7 Å². The number of nitrogens with zero attached hydrogens (tertiary/aromatic N) is 1. The van der Waals surface area contributed by atoms with Crippen LogP contribution in [-0.4, -0.2) is 24.2 Å². The van der Waals surface area contributed by atoms with Crippen LogP contribution < -0.4 is 5.32 Å². The summed E-state index contributed by atoms with van der Waals surface area (Å²) in [6, 6.07) is 2.11. The maximum absolute atomic E-state index is 10.2. The first-order valence-corrected chi connectivity index (χ1v) is 4.77. The Morgan fingerprint density at radius 2 is 2.21 bits per heavy atom. The summed E-state index contributed by atoms with van der Waals surface area (Å²) in [5.41, 5.74) is 0.0637. The minimum absolute atomic E-state index is 0.0637. The van der Waals surface area contributed by atoms with E-state index in [9.17, 15) is 4.79 Å². The maximum atomic E-state index is 10.2. The van der Waals surface area contributed by atoms with Crippen LogP contribution in [0.15, 0.2) is 0 Å². The summed E-state index contributed by atoms with van der Waals surface area (Å²) in [4.78, 5) is 10.2. The first-order valence-electron chi connectivity index (χ1n) is 4.77. The lowest BCUT2D eigenvalue weighted by atomic mass is 9.88. The minimum Gasteiger partial charge on any atom is -0.481 e. The SMILES string of the molecule is CC(C)(CCC#N)CNCCC(=O)O. The van der Waals surface area contributed by atoms with Gasteiger partial charge in [-0.15, -0.1) is 0 Å². The molecule has 0 aliphatic rings. The van der Waals surface area contributed by atoms with Gasteiger partial charge in [0.15, 0.2) is 0 Å². The fourth-order valence-corrected chi connectivity index (χ4v) is 1.10. The van der Waals surface area contributed by atoms with E-state index in [1.54, 1.807) is 0 Å². The Morgan fingerprint density at radius 3 is 2.71 bits per heavy atom. The lowest BCUT2D eigenvalue weighted by Crippen LogP contribution is -2.30. The fourth-order valence-electron chi connectivity index (χ4n) is 1.10. The topological polar surface area (TPSA) is 73.1 Å². The Morgan fingerprint density at radius 1 is 1.57 bits per heavy atom. The molecule has 0 saturated carbocycles. The van der Waals surface area contributed by atoms with Crippen molar-refractivity contribution in [1.82, 2.24) is 5.32 Å². The molecule has 0 bridgehead atoms. The van der Waals surface area contributed by atoms with Gasteiger partial charge in [0.05, 0.1) is 12.5 Å². The number of nitrogens with one attached hydrogen (secondary N) is 1. The van der Waals surface area contributed by atoms with Crippen molar-refractivity contribution >= 4 is 5.97 Å².